The third kappa shape index (κ3) is 3.40. The number of hydrogen-bond acceptors (Lipinski definition) is 3. The van der Waals surface area contributed by atoms with Gasteiger partial charge in [0.05, 0.1) is 11.5 Å². The van der Waals surface area contributed by atoms with Gasteiger partial charge in [0, 0.05) is 23.4 Å². The summed E-state index contributed by atoms with van der Waals surface area (Å²) in [6, 6.07) is 49.0. The molecule has 0 amide bonds. The number of benzene rings is 5. The van der Waals surface area contributed by atoms with Crippen molar-refractivity contribution in [3.8, 4) is 0 Å². The molecule has 4 atom stereocenters. The topological polar surface area (TPSA) is 27.6 Å². The molecule has 5 aromatic carbocycles. The number of para-hydroxylation sites is 1. The zero-order chi connectivity index (χ0) is 30.2. The van der Waals surface area contributed by atoms with Crippen molar-refractivity contribution in [2.45, 2.75) is 36.4 Å². The SMILES string of the molecule is C1=CC2=C(CC1)c1ccccc1C21c2ccccc2C2C1c1ccccc1N2C1=NC(c2ccccc2)NC(c2ccccc2)=C1. The van der Waals surface area contributed by atoms with Crippen molar-refractivity contribution in [3.63, 3.8) is 0 Å². The zero-order valence-electron chi connectivity index (χ0n) is 25.5. The number of rotatable bonds is 2. The number of nitrogens with one attached hydrogen (secondary N) is 1. The molecular formula is C43H33N3. The van der Waals surface area contributed by atoms with E-state index in [4.69, 9.17) is 4.99 Å². The molecule has 220 valence electrons. The third-order valence-corrected chi connectivity index (χ3v) is 10.8. The molecule has 0 saturated heterocycles. The highest BCUT2D eigenvalue weighted by Crippen LogP contribution is 2.71. The molecule has 0 bridgehead atoms. The van der Waals surface area contributed by atoms with Crippen molar-refractivity contribution >= 4 is 22.8 Å². The van der Waals surface area contributed by atoms with Gasteiger partial charge >= 0.3 is 0 Å². The fourth-order valence-electron chi connectivity index (χ4n) is 9.18. The molecule has 3 nitrogen and oxygen atoms in total. The van der Waals surface area contributed by atoms with Crippen molar-refractivity contribution in [1.29, 1.82) is 0 Å². The molecule has 46 heavy (non-hydrogen) atoms. The van der Waals surface area contributed by atoms with E-state index in [2.05, 4.69) is 162 Å². The summed E-state index contributed by atoms with van der Waals surface area (Å²) in [5.74, 6) is 1.21. The minimum Gasteiger partial charge on any atom is -0.359 e. The van der Waals surface area contributed by atoms with Crippen LogP contribution in [-0.2, 0) is 5.41 Å². The molecular weight excluding hydrogens is 558 g/mol. The predicted molar refractivity (Wildman–Crippen MR) is 188 cm³/mol. The van der Waals surface area contributed by atoms with Crippen LogP contribution in [-0.4, -0.2) is 5.84 Å². The Balaban J connectivity index is 1.24. The third-order valence-electron chi connectivity index (χ3n) is 10.8. The van der Waals surface area contributed by atoms with Crippen molar-refractivity contribution in [2.24, 2.45) is 4.99 Å². The first kappa shape index (κ1) is 25.9. The fraction of sp³-hybridized carbons (Fsp3) is 0.140. The highest BCUT2D eigenvalue weighted by molar-refractivity contribution is 6.12. The zero-order valence-corrected chi connectivity index (χ0v) is 25.5. The summed E-state index contributed by atoms with van der Waals surface area (Å²) >= 11 is 0. The Hall–Kier alpha value is -5.41. The van der Waals surface area contributed by atoms with Gasteiger partial charge in [-0.25, -0.2) is 4.99 Å². The van der Waals surface area contributed by atoms with Crippen LogP contribution in [0.15, 0.2) is 162 Å². The standard InChI is InChI=1S/C43H33N3/c1-3-15-28(16-4-1)37-27-39(45-42(44-37)29-17-5-2-6-18-29)46-38-26-14-10-22-33(38)40-41(46)32-21-9-13-25-36(32)43(40)34-23-11-7-19-30(34)31-20-8-12-24-35(31)43/h1-7,9-19,21-27,40-42,44H,8,20H2. The maximum atomic E-state index is 5.51. The quantitative estimate of drug-likeness (QED) is 0.221. The van der Waals surface area contributed by atoms with Gasteiger partial charge in [-0.1, -0.05) is 140 Å². The van der Waals surface area contributed by atoms with E-state index < -0.39 is 0 Å². The summed E-state index contributed by atoms with van der Waals surface area (Å²) in [5, 5.41) is 3.77. The van der Waals surface area contributed by atoms with Gasteiger partial charge in [-0.15, -0.1) is 0 Å². The molecule has 0 saturated carbocycles. The highest BCUT2D eigenvalue weighted by atomic mass is 15.3. The molecule has 0 radical (unpaired) electrons. The first-order chi connectivity index (χ1) is 22.8. The molecule has 10 rings (SSSR count). The van der Waals surface area contributed by atoms with Crippen LogP contribution in [0, 0.1) is 0 Å². The smallest absolute Gasteiger partial charge is 0.147 e. The lowest BCUT2D eigenvalue weighted by Crippen LogP contribution is -2.37. The molecule has 1 N–H and O–H groups in total. The van der Waals surface area contributed by atoms with Gasteiger partial charge in [0.25, 0.3) is 0 Å². The maximum Gasteiger partial charge on any atom is 0.147 e. The van der Waals surface area contributed by atoms with E-state index in [1.807, 2.05) is 0 Å². The summed E-state index contributed by atoms with van der Waals surface area (Å²) in [5.41, 5.74) is 14.6. The van der Waals surface area contributed by atoms with Gasteiger partial charge in [0.15, 0.2) is 0 Å². The fourth-order valence-corrected chi connectivity index (χ4v) is 9.18. The lowest BCUT2D eigenvalue weighted by atomic mass is 9.64. The van der Waals surface area contributed by atoms with E-state index in [9.17, 15) is 0 Å². The van der Waals surface area contributed by atoms with Crippen molar-refractivity contribution < 1.29 is 0 Å². The number of amidine groups is 1. The summed E-state index contributed by atoms with van der Waals surface area (Å²) in [4.78, 5) is 8.08. The summed E-state index contributed by atoms with van der Waals surface area (Å²) < 4.78 is 0. The van der Waals surface area contributed by atoms with Gasteiger partial charge in [0.2, 0.25) is 0 Å². The number of anilines is 1. The lowest BCUT2D eigenvalue weighted by molar-refractivity contribution is 0.488. The minimum atomic E-state index is -0.257. The van der Waals surface area contributed by atoms with Crippen molar-refractivity contribution in [2.75, 3.05) is 4.90 Å². The van der Waals surface area contributed by atoms with Gasteiger partial charge in [-0.2, -0.15) is 0 Å². The maximum absolute atomic E-state index is 5.51. The van der Waals surface area contributed by atoms with E-state index in [0.29, 0.717) is 0 Å². The Morgan fingerprint density at radius 1 is 0.696 bits per heavy atom. The van der Waals surface area contributed by atoms with Gasteiger partial charge in [0.1, 0.15) is 12.0 Å². The molecule has 3 heteroatoms. The molecule has 3 aliphatic carbocycles. The summed E-state index contributed by atoms with van der Waals surface area (Å²) in [7, 11) is 0. The predicted octanol–water partition coefficient (Wildman–Crippen LogP) is 9.49. The molecule has 1 spiro atoms. The first-order valence-corrected chi connectivity index (χ1v) is 16.5. The Morgan fingerprint density at radius 3 is 2.24 bits per heavy atom. The van der Waals surface area contributed by atoms with Crippen LogP contribution in [0.4, 0.5) is 5.69 Å². The van der Waals surface area contributed by atoms with Crippen molar-refractivity contribution in [1.82, 2.24) is 5.32 Å². The number of nitrogens with zero attached hydrogens (tertiary/aromatic N) is 2. The Morgan fingerprint density at radius 2 is 1.39 bits per heavy atom. The van der Waals surface area contributed by atoms with Crippen LogP contribution in [0.5, 0.6) is 0 Å². The summed E-state index contributed by atoms with van der Waals surface area (Å²) in [6.07, 6.45) is 9.13. The van der Waals surface area contributed by atoms with Gasteiger partial charge < -0.3 is 10.2 Å². The second-order valence-corrected chi connectivity index (χ2v) is 13.0. The Labute approximate surface area is 270 Å². The number of hydrogen-bond donors (Lipinski definition) is 1. The van der Waals surface area contributed by atoms with Crippen LogP contribution >= 0.6 is 0 Å². The van der Waals surface area contributed by atoms with Crippen LogP contribution in [0.2, 0.25) is 0 Å². The molecule has 5 aliphatic rings. The van der Waals surface area contributed by atoms with E-state index in [-0.39, 0.29) is 23.5 Å². The van der Waals surface area contributed by atoms with Gasteiger partial charge in [-0.05, 0) is 69.0 Å². The first-order valence-electron chi connectivity index (χ1n) is 16.5. The van der Waals surface area contributed by atoms with E-state index in [0.717, 1.165) is 35.5 Å². The van der Waals surface area contributed by atoms with Crippen molar-refractivity contribution in [3.05, 3.63) is 196 Å². The van der Waals surface area contributed by atoms with Gasteiger partial charge in [-0.3, -0.25) is 0 Å². The van der Waals surface area contributed by atoms with Crippen LogP contribution < -0.4 is 10.2 Å². The number of allylic oxidation sites excluding steroid dienone is 4. The molecule has 4 unspecified atom stereocenters. The largest absolute Gasteiger partial charge is 0.359 e. The van der Waals surface area contributed by atoms with Crippen LogP contribution in [0.3, 0.4) is 0 Å². The molecule has 2 aliphatic heterocycles. The number of aliphatic imine (C=N–C) groups is 1. The van der Waals surface area contributed by atoms with E-state index >= 15 is 0 Å². The van der Waals surface area contributed by atoms with E-state index in [1.165, 1.54) is 44.7 Å². The lowest BCUT2D eigenvalue weighted by Gasteiger charge is -2.37. The molecule has 2 heterocycles. The normalized spacial score (nSPS) is 24.9. The Kier molecular flexibility index (Phi) is 5.51. The average molecular weight is 592 g/mol. The monoisotopic (exact) mass is 591 g/mol. The van der Waals surface area contributed by atoms with Crippen LogP contribution in [0.1, 0.15) is 69.9 Å². The molecule has 5 aromatic rings. The van der Waals surface area contributed by atoms with Crippen LogP contribution in [0.25, 0.3) is 11.3 Å². The number of fused-ring (bicyclic) bond motifs is 11. The molecule has 0 fully saturated rings. The van der Waals surface area contributed by atoms with E-state index in [1.54, 1.807) is 0 Å². The Bertz CT molecular complexity index is 2160. The minimum absolute atomic E-state index is 0.102. The molecule has 0 aromatic heterocycles. The average Bonchev–Trinajstić information content (AvgIpc) is 3.74. The second kappa shape index (κ2) is 9.79. The second-order valence-electron chi connectivity index (χ2n) is 13.0. The highest BCUT2D eigenvalue weighted by Gasteiger charge is 2.63. The summed E-state index contributed by atoms with van der Waals surface area (Å²) in [6.45, 7) is 0.